The third-order valence-corrected chi connectivity index (χ3v) is 4.01. The van der Waals surface area contributed by atoms with E-state index in [0.717, 1.165) is 16.6 Å². The second-order valence-electron chi connectivity index (χ2n) is 5.79. The highest BCUT2D eigenvalue weighted by Crippen LogP contribution is 2.25. The number of nitro benzene ring substituents is 1. The number of aromatic nitrogens is 1. The Hall–Kier alpha value is -3.73. The molecule has 0 N–H and O–H groups in total. The number of nitrogens with zero attached hydrogens (tertiary/aromatic N) is 2. The van der Waals surface area contributed by atoms with Gasteiger partial charge in [0.25, 0.3) is 5.69 Å². The van der Waals surface area contributed by atoms with Gasteiger partial charge in [0.2, 0.25) is 5.89 Å². The van der Waals surface area contributed by atoms with E-state index in [2.05, 4.69) is 4.98 Å². The predicted octanol–water partition coefficient (Wildman–Crippen LogP) is 5.57. The summed E-state index contributed by atoms with van der Waals surface area (Å²) in [6, 6.07) is 22.4. The zero-order chi connectivity index (χ0) is 17.9. The quantitative estimate of drug-likeness (QED) is 0.359. The predicted molar refractivity (Wildman–Crippen MR) is 101 cm³/mol. The number of fused-ring (bicyclic) bond motifs is 1. The van der Waals surface area contributed by atoms with E-state index in [0.29, 0.717) is 17.0 Å². The lowest BCUT2D eigenvalue weighted by molar-refractivity contribution is -0.384. The first-order valence-electron chi connectivity index (χ1n) is 8.07. The Morgan fingerprint density at radius 2 is 1.73 bits per heavy atom. The van der Waals surface area contributed by atoms with Gasteiger partial charge in [0, 0.05) is 18.2 Å². The van der Waals surface area contributed by atoms with Crippen LogP contribution in [0.1, 0.15) is 11.5 Å². The molecule has 0 fully saturated rings. The fourth-order valence-corrected chi connectivity index (χ4v) is 2.74. The minimum Gasteiger partial charge on any atom is -0.437 e. The molecule has 4 rings (SSSR count). The maximum absolute atomic E-state index is 10.8. The van der Waals surface area contributed by atoms with Gasteiger partial charge in [-0.3, -0.25) is 10.1 Å². The highest BCUT2D eigenvalue weighted by Gasteiger charge is 2.07. The second kappa shape index (κ2) is 6.64. The molecule has 0 unspecified atom stereocenters. The van der Waals surface area contributed by atoms with Gasteiger partial charge >= 0.3 is 0 Å². The lowest BCUT2D eigenvalue weighted by Gasteiger charge is -1.99. The monoisotopic (exact) mass is 342 g/mol. The van der Waals surface area contributed by atoms with E-state index >= 15 is 0 Å². The second-order valence-corrected chi connectivity index (χ2v) is 5.79. The number of hydrogen-bond donors (Lipinski definition) is 0. The first-order chi connectivity index (χ1) is 12.7. The Labute approximate surface area is 149 Å². The third-order valence-electron chi connectivity index (χ3n) is 4.01. The molecule has 0 spiro atoms. The molecule has 5 nitrogen and oxygen atoms in total. The molecular weight excluding hydrogens is 328 g/mol. The molecular formula is C21H14N2O3. The molecule has 0 aliphatic rings. The smallest absolute Gasteiger partial charge is 0.270 e. The number of benzene rings is 3. The van der Waals surface area contributed by atoms with Crippen molar-refractivity contribution < 1.29 is 9.34 Å². The average Bonchev–Trinajstić information content (AvgIpc) is 3.09. The van der Waals surface area contributed by atoms with Gasteiger partial charge in [0.05, 0.1) is 4.92 Å². The molecule has 126 valence electrons. The molecule has 0 radical (unpaired) electrons. The number of hydrogen-bond acceptors (Lipinski definition) is 4. The van der Waals surface area contributed by atoms with Crippen LogP contribution in [0.25, 0.3) is 34.4 Å². The molecule has 4 aromatic rings. The Morgan fingerprint density at radius 1 is 0.885 bits per heavy atom. The summed E-state index contributed by atoms with van der Waals surface area (Å²) in [6.45, 7) is 0. The van der Waals surface area contributed by atoms with Crippen LogP contribution in [0.4, 0.5) is 5.69 Å². The van der Waals surface area contributed by atoms with Crippen molar-refractivity contribution in [3.05, 3.63) is 94.4 Å². The van der Waals surface area contributed by atoms with Gasteiger partial charge < -0.3 is 4.42 Å². The van der Waals surface area contributed by atoms with Gasteiger partial charge in [-0.05, 0) is 34.9 Å². The van der Waals surface area contributed by atoms with Crippen molar-refractivity contribution in [1.82, 2.24) is 4.98 Å². The largest absolute Gasteiger partial charge is 0.437 e. The Bertz CT molecular complexity index is 1110. The van der Waals surface area contributed by atoms with E-state index in [-0.39, 0.29) is 5.69 Å². The topological polar surface area (TPSA) is 69.2 Å². The van der Waals surface area contributed by atoms with Crippen molar-refractivity contribution in [2.45, 2.75) is 0 Å². The van der Waals surface area contributed by atoms with Gasteiger partial charge in [-0.15, -0.1) is 0 Å². The van der Waals surface area contributed by atoms with Crippen molar-refractivity contribution in [3.8, 4) is 11.1 Å². The van der Waals surface area contributed by atoms with Gasteiger partial charge in [-0.1, -0.05) is 48.5 Å². The molecule has 0 bridgehead atoms. The Morgan fingerprint density at radius 3 is 2.54 bits per heavy atom. The molecule has 0 amide bonds. The number of oxazole rings is 1. The molecule has 0 saturated heterocycles. The third kappa shape index (κ3) is 3.23. The maximum Gasteiger partial charge on any atom is 0.270 e. The van der Waals surface area contributed by atoms with Crippen LogP contribution in [-0.2, 0) is 0 Å². The van der Waals surface area contributed by atoms with Crippen LogP contribution < -0.4 is 0 Å². The van der Waals surface area contributed by atoms with Crippen LogP contribution in [0.5, 0.6) is 0 Å². The molecule has 0 aliphatic carbocycles. The minimum absolute atomic E-state index is 0.0530. The van der Waals surface area contributed by atoms with E-state index in [9.17, 15) is 10.1 Å². The van der Waals surface area contributed by atoms with Gasteiger partial charge in [0.1, 0.15) is 5.52 Å². The van der Waals surface area contributed by atoms with E-state index in [1.165, 1.54) is 12.1 Å². The van der Waals surface area contributed by atoms with Crippen LogP contribution in [0.2, 0.25) is 0 Å². The summed E-state index contributed by atoms with van der Waals surface area (Å²) in [5.74, 6) is 0.455. The van der Waals surface area contributed by atoms with Crippen molar-refractivity contribution >= 4 is 28.9 Å². The van der Waals surface area contributed by atoms with Crippen LogP contribution in [0.15, 0.2) is 77.2 Å². The van der Waals surface area contributed by atoms with Crippen molar-refractivity contribution in [1.29, 1.82) is 0 Å². The van der Waals surface area contributed by atoms with Crippen LogP contribution in [-0.4, -0.2) is 9.91 Å². The highest BCUT2D eigenvalue weighted by atomic mass is 16.6. The summed E-state index contributed by atoms with van der Waals surface area (Å²) in [7, 11) is 0. The van der Waals surface area contributed by atoms with E-state index in [1.54, 1.807) is 24.3 Å². The fraction of sp³-hybridized carbons (Fsp3) is 0. The van der Waals surface area contributed by atoms with Crippen LogP contribution in [0, 0.1) is 10.1 Å². The maximum atomic E-state index is 10.8. The summed E-state index contributed by atoms with van der Waals surface area (Å²) in [6.07, 6.45) is 3.46. The van der Waals surface area contributed by atoms with Crippen molar-refractivity contribution in [2.24, 2.45) is 0 Å². The average molecular weight is 342 g/mol. The van der Waals surface area contributed by atoms with Crippen molar-refractivity contribution in [2.75, 3.05) is 0 Å². The van der Waals surface area contributed by atoms with Gasteiger partial charge in [0.15, 0.2) is 5.58 Å². The summed E-state index contributed by atoms with van der Waals surface area (Å²) >= 11 is 0. The molecule has 1 heterocycles. The first-order valence-corrected chi connectivity index (χ1v) is 8.07. The lowest BCUT2D eigenvalue weighted by atomic mass is 10.1. The molecule has 0 aliphatic heterocycles. The molecule has 1 aromatic heterocycles. The minimum atomic E-state index is -0.415. The number of rotatable bonds is 4. The van der Waals surface area contributed by atoms with Gasteiger partial charge in [-0.25, -0.2) is 4.98 Å². The van der Waals surface area contributed by atoms with E-state index < -0.39 is 4.92 Å². The molecule has 26 heavy (non-hydrogen) atoms. The lowest BCUT2D eigenvalue weighted by Crippen LogP contribution is -1.87. The standard InChI is InChI=1S/C21H14N2O3/c24-23(25)18-8-4-5-15(13-18)9-12-21-22-19-14-17(10-11-20(19)26-21)16-6-2-1-3-7-16/h1-14H/b12-9+. The first kappa shape index (κ1) is 15.8. The summed E-state index contributed by atoms with van der Waals surface area (Å²) in [4.78, 5) is 14.9. The molecule has 0 saturated carbocycles. The van der Waals surface area contributed by atoms with Gasteiger partial charge in [-0.2, -0.15) is 0 Å². The van der Waals surface area contributed by atoms with Crippen LogP contribution >= 0.6 is 0 Å². The number of nitro groups is 1. The zero-order valence-electron chi connectivity index (χ0n) is 13.7. The summed E-state index contributed by atoms with van der Waals surface area (Å²) < 4.78 is 5.73. The van der Waals surface area contributed by atoms with Crippen molar-refractivity contribution in [3.63, 3.8) is 0 Å². The molecule has 5 heteroatoms. The number of non-ortho nitro benzene ring substituents is 1. The highest BCUT2D eigenvalue weighted by molar-refractivity contribution is 5.82. The fourth-order valence-electron chi connectivity index (χ4n) is 2.74. The zero-order valence-corrected chi connectivity index (χ0v) is 13.7. The summed E-state index contributed by atoms with van der Waals surface area (Å²) in [5.41, 5.74) is 4.42. The molecule has 3 aromatic carbocycles. The SMILES string of the molecule is O=[N+]([O-])c1cccc(/C=C/c2nc3cc(-c4ccccc4)ccc3o2)c1. The summed E-state index contributed by atoms with van der Waals surface area (Å²) in [5, 5.41) is 10.8. The van der Waals surface area contributed by atoms with Crippen LogP contribution in [0.3, 0.4) is 0 Å². The normalized spacial score (nSPS) is 11.2. The van der Waals surface area contributed by atoms with E-state index in [4.69, 9.17) is 4.42 Å². The van der Waals surface area contributed by atoms with E-state index in [1.807, 2.05) is 48.5 Å². The Kier molecular flexibility index (Phi) is 4.03. The Balaban J connectivity index is 1.63. The molecule has 0 atom stereocenters.